The molecule has 3 aromatic rings. The van der Waals surface area contributed by atoms with Crippen molar-refractivity contribution >= 4 is 16.5 Å². The Balaban J connectivity index is 2.01. The van der Waals surface area contributed by atoms with Crippen molar-refractivity contribution < 1.29 is 13.3 Å². The van der Waals surface area contributed by atoms with Gasteiger partial charge in [-0.05, 0) is 12.1 Å². The second-order valence-corrected chi connectivity index (χ2v) is 4.54. The monoisotopic (exact) mass is 280 g/mol. The van der Waals surface area contributed by atoms with Gasteiger partial charge >= 0.3 is 0 Å². The van der Waals surface area contributed by atoms with E-state index in [0.29, 0.717) is 10.8 Å². The number of anilines is 1. The van der Waals surface area contributed by atoms with Gasteiger partial charge in [0.2, 0.25) is 5.82 Å². The number of hydrogen-bond acceptors (Lipinski definition) is 6. The molecule has 0 aliphatic rings. The van der Waals surface area contributed by atoms with Crippen LogP contribution in [-0.4, -0.2) is 15.1 Å². The van der Waals surface area contributed by atoms with Crippen LogP contribution in [0, 0.1) is 11.6 Å². The number of nitrogen functional groups attached to an aromatic ring is 1. The molecule has 0 aliphatic carbocycles. The second-order valence-electron chi connectivity index (χ2n) is 3.65. The summed E-state index contributed by atoms with van der Waals surface area (Å²) >= 11 is 1.23. The first-order valence-electron chi connectivity index (χ1n) is 5.13. The van der Waals surface area contributed by atoms with Crippen LogP contribution in [0.2, 0.25) is 0 Å². The average molecular weight is 280 g/mol. The smallest absolute Gasteiger partial charge is 0.277 e. The van der Waals surface area contributed by atoms with Crippen molar-refractivity contribution in [3.05, 3.63) is 35.2 Å². The molecule has 19 heavy (non-hydrogen) atoms. The molecule has 0 saturated carbocycles. The van der Waals surface area contributed by atoms with E-state index in [1.807, 2.05) is 0 Å². The van der Waals surface area contributed by atoms with Gasteiger partial charge in [0, 0.05) is 17.0 Å². The van der Waals surface area contributed by atoms with Crippen LogP contribution in [0.3, 0.4) is 0 Å². The van der Waals surface area contributed by atoms with E-state index in [1.165, 1.54) is 11.3 Å². The first-order valence-corrected chi connectivity index (χ1v) is 6.01. The number of nitrogens with zero attached hydrogens (tertiary/aromatic N) is 3. The third-order valence-corrected chi connectivity index (χ3v) is 2.96. The van der Waals surface area contributed by atoms with Crippen LogP contribution in [0.5, 0.6) is 0 Å². The molecular formula is C11H6F2N4OS. The lowest BCUT2D eigenvalue weighted by Crippen LogP contribution is -1.86. The van der Waals surface area contributed by atoms with E-state index >= 15 is 0 Å². The molecule has 5 nitrogen and oxygen atoms in total. The van der Waals surface area contributed by atoms with Crippen molar-refractivity contribution in [2.24, 2.45) is 0 Å². The van der Waals surface area contributed by atoms with E-state index in [9.17, 15) is 8.78 Å². The van der Waals surface area contributed by atoms with Crippen LogP contribution in [-0.2, 0) is 0 Å². The summed E-state index contributed by atoms with van der Waals surface area (Å²) in [7, 11) is 0. The molecule has 0 fully saturated rings. The molecule has 3 rings (SSSR count). The van der Waals surface area contributed by atoms with Gasteiger partial charge in [0.15, 0.2) is 5.13 Å². The molecular weight excluding hydrogens is 274 g/mol. The molecule has 96 valence electrons. The molecule has 0 bridgehead atoms. The van der Waals surface area contributed by atoms with Gasteiger partial charge in [-0.3, -0.25) is 0 Å². The fourth-order valence-electron chi connectivity index (χ4n) is 1.51. The molecule has 2 heterocycles. The lowest BCUT2D eigenvalue weighted by molar-refractivity contribution is 0.431. The number of nitrogens with two attached hydrogens (primary N) is 1. The Kier molecular flexibility index (Phi) is 2.71. The molecule has 2 N–H and O–H groups in total. The molecule has 2 aromatic heterocycles. The Labute approximate surface area is 109 Å². The summed E-state index contributed by atoms with van der Waals surface area (Å²) in [6, 6.07) is 3.01. The lowest BCUT2D eigenvalue weighted by Gasteiger charge is -1.95. The molecule has 0 aliphatic heterocycles. The van der Waals surface area contributed by atoms with Crippen LogP contribution in [0.15, 0.2) is 28.1 Å². The first-order chi connectivity index (χ1) is 9.11. The van der Waals surface area contributed by atoms with Crippen LogP contribution < -0.4 is 5.73 Å². The maximum absolute atomic E-state index is 13.1. The van der Waals surface area contributed by atoms with Crippen molar-refractivity contribution in [2.75, 3.05) is 5.73 Å². The van der Waals surface area contributed by atoms with Gasteiger partial charge in [0.05, 0.1) is 0 Å². The molecule has 1 aromatic carbocycles. The highest BCUT2D eigenvalue weighted by molar-refractivity contribution is 7.13. The summed E-state index contributed by atoms with van der Waals surface area (Å²) < 4.78 is 31.2. The second kappa shape index (κ2) is 4.39. The highest BCUT2D eigenvalue weighted by Crippen LogP contribution is 2.25. The maximum atomic E-state index is 13.1. The normalized spacial score (nSPS) is 10.8. The van der Waals surface area contributed by atoms with Crippen molar-refractivity contribution in [3.8, 4) is 23.0 Å². The minimum Gasteiger partial charge on any atom is -0.375 e. The van der Waals surface area contributed by atoms with Crippen molar-refractivity contribution in [2.45, 2.75) is 0 Å². The zero-order valence-corrected chi connectivity index (χ0v) is 10.1. The van der Waals surface area contributed by atoms with E-state index in [4.69, 9.17) is 10.3 Å². The van der Waals surface area contributed by atoms with Crippen LogP contribution >= 0.6 is 11.3 Å². The minimum atomic E-state index is -0.709. The molecule has 0 amide bonds. The number of rotatable bonds is 2. The molecule has 0 radical (unpaired) electrons. The highest BCUT2D eigenvalue weighted by Gasteiger charge is 2.14. The van der Waals surface area contributed by atoms with E-state index in [-0.39, 0.29) is 17.3 Å². The molecule has 0 unspecified atom stereocenters. The summed E-state index contributed by atoms with van der Waals surface area (Å²) in [5.74, 6) is -1.19. The van der Waals surface area contributed by atoms with Gasteiger partial charge in [0.1, 0.15) is 17.3 Å². The fraction of sp³-hybridized carbons (Fsp3) is 0. The molecule has 8 heteroatoms. The highest BCUT2D eigenvalue weighted by atomic mass is 32.1. The Morgan fingerprint density at radius 2 is 1.84 bits per heavy atom. The summed E-state index contributed by atoms with van der Waals surface area (Å²) in [6.07, 6.45) is 0. The van der Waals surface area contributed by atoms with E-state index in [0.717, 1.165) is 18.2 Å². The van der Waals surface area contributed by atoms with Gasteiger partial charge in [0.25, 0.3) is 5.89 Å². The van der Waals surface area contributed by atoms with E-state index < -0.39 is 11.6 Å². The van der Waals surface area contributed by atoms with E-state index in [1.54, 1.807) is 5.38 Å². The quantitative estimate of drug-likeness (QED) is 0.781. The topological polar surface area (TPSA) is 77.8 Å². The summed E-state index contributed by atoms with van der Waals surface area (Å²) in [5, 5.41) is 5.68. The predicted molar refractivity (Wildman–Crippen MR) is 65.2 cm³/mol. The van der Waals surface area contributed by atoms with Crippen molar-refractivity contribution in [1.29, 1.82) is 0 Å². The molecule has 0 saturated heterocycles. The number of benzene rings is 1. The standard InChI is InChI=1S/C11H6F2N4OS/c12-6-1-5(2-7(13)3-6)9-16-10(18-17-9)8-4-19-11(14)15-8/h1-4H,(H2,14,15). The van der Waals surface area contributed by atoms with Crippen LogP contribution in [0.1, 0.15) is 0 Å². The number of thiazole rings is 1. The van der Waals surface area contributed by atoms with Gasteiger partial charge in [-0.15, -0.1) is 11.3 Å². The number of aromatic nitrogens is 3. The molecule has 0 spiro atoms. The van der Waals surface area contributed by atoms with Crippen molar-refractivity contribution in [1.82, 2.24) is 15.1 Å². The SMILES string of the molecule is Nc1nc(-c2nc(-c3cc(F)cc(F)c3)no2)cs1. The Morgan fingerprint density at radius 1 is 1.11 bits per heavy atom. The maximum Gasteiger partial charge on any atom is 0.277 e. The minimum absolute atomic E-state index is 0.0833. The van der Waals surface area contributed by atoms with Gasteiger partial charge in [-0.2, -0.15) is 4.98 Å². The first kappa shape index (κ1) is 11.7. The molecule has 0 atom stereocenters. The van der Waals surface area contributed by atoms with Gasteiger partial charge in [-0.1, -0.05) is 5.16 Å². The zero-order chi connectivity index (χ0) is 13.4. The average Bonchev–Trinajstić information content (AvgIpc) is 2.95. The lowest BCUT2D eigenvalue weighted by atomic mass is 10.2. The van der Waals surface area contributed by atoms with E-state index in [2.05, 4.69) is 15.1 Å². The van der Waals surface area contributed by atoms with Crippen molar-refractivity contribution in [3.63, 3.8) is 0 Å². The summed E-state index contributed by atoms with van der Waals surface area (Å²) in [6.45, 7) is 0. The largest absolute Gasteiger partial charge is 0.375 e. The zero-order valence-electron chi connectivity index (χ0n) is 9.30. The van der Waals surface area contributed by atoms with Gasteiger partial charge in [-0.25, -0.2) is 13.8 Å². The number of halogens is 2. The van der Waals surface area contributed by atoms with Crippen LogP contribution in [0.25, 0.3) is 23.0 Å². The number of hydrogen-bond donors (Lipinski definition) is 1. The van der Waals surface area contributed by atoms with Gasteiger partial charge < -0.3 is 10.3 Å². The Hall–Kier alpha value is -2.35. The summed E-state index contributed by atoms with van der Waals surface area (Å²) in [5.41, 5.74) is 6.11. The third kappa shape index (κ3) is 2.29. The fourth-order valence-corrected chi connectivity index (χ4v) is 2.05. The third-order valence-electron chi connectivity index (χ3n) is 2.29. The summed E-state index contributed by atoms with van der Waals surface area (Å²) in [4.78, 5) is 8.00. The Bertz CT molecular complexity index is 720. The predicted octanol–water partition coefficient (Wildman–Crippen LogP) is 2.72. The Morgan fingerprint density at radius 3 is 2.47 bits per heavy atom. The van der Waals surface area contributed by atoms with Crippen LogP contribution in [0.4, 0.5) is 13.9 Å².